The van der Waals surface area contributed by atoms with Crippen LogP contribution in [0.1, 0.15) is 59.1 Å². The predicted octanol–water partition coefficient (Wildman–Crippen LogP) is 3.83. The Morgan fingerprint density at radius 3 is 2.54 bits per heavy atom. The van der Waals surface area contributed by atoms with Crippen molar-refractivity contribution >= 4 is 12.0 Å². The first-order valence-corrected chi connectivity index (χ1v) is 9.10. The summed E-state index contributed by atoms with van der Waals surface area (Å²) in [5.74, 6) is 0.273. The van der Waals surface area contributed by atoms with Crippen LogP contribution in [0.2, 0.25) is 0 Å². The number of carbonyl (C=O) groups is 2. The molecule has 1 aromatic carbocycles. The highest BCUT2D eigenvalue weighted by Crippen LogP contribution is 2.31. The molecule has 1 aromatic rings. The van der Waals surface area contributed by atoms with E-state index in [2.05, 4.69) is 10.6 Å². The largest absolute Gasteiger partial charge is 0.491 e. The van der Waals surface area contributed by atoms with Gasteiger partial charge in [0.2, 0.25) is 0 Å². The standard InChI is InChI=1S/C20H28N2O4/c1-6-8-16-17(19(23)26-13(4)5)18(22-20(24)21-16)14-9-7-10-15(11-14)25-12(2)3/h7,9-13,18H,6,8H2,1-5H3,(H2,21,22,24). The quantitative estimate of drug-likeness (QED) is 0.725. The van der Waals surface area contributed by atoms with Crippen molar-refractivity contribution in [1.82, 2.24) is 10.6 Å². The zero-order valence-corrected chi connectivity index (χ0v) is 16.1. The Hall–Kier alpha value is -2.50. The molecule has 0 radical (unpaired) electrons. The molecular weight excluding hydrogens is 332 g/mol. The van der Waals surface area contributed by atoms with Gasteiger partial charge in [0.1, 0.15) is 5.75 Å². The topological polar surface area (TPSA) is 76.7 Å². The van der Waals surface area contributed by atoms with E-state index in [-0.39, 0.29) is 18.2 Å². The molecule has 2 amide bonds. The number of rotatable bonds is 7. The molecule has 26 heavy (non-hydrogen) atoms. The van der Waals surface area contributed by atoms with Crippen LogP contribution in [0, 0.1) is 0 Å². The fourth-order valence-corrected chi connectivity index (χ4v) is 2.87. The molecule has 0 aromatic heterocycles. The van der Waals surface area contributed by atoms with Gasteiger partial charge in [0.15, 0.2) is 0 Å². The fourth-order valence-electron chi connectivity index (χ4n) is 2.87. The molecule has 0 aliphatic carbocycles. The smallest absolute Gasteiger partial charge is 0.338 e. The van der Waals surface area contributed by atoms with E-state index < -0.39 is 12.0 Å². The van der Waals surface area contributed by atoms with Gasteiger partial charge >= 0.3 is 12.0 Å². The summed E-state index contributed by atoms with van der Waals surface area (Å²) in [4.78, 5) is 24.9. The summed E-state index contributed by atoms with van der Waals surface area (Å²) in [5.41, 5.74) is 1.84. The number of ether oxygens (including phenoxy) is 2. The van der Waals surface area contributed by atoms with Crippen molar-refractivity contribution in [3.05, 3.63) is 41.1 Å². The molecule has 1 aliphatic heterocycles. The van der Waals surface area contributed by atoms with Crippen LogP contribution in [0.25, 0.3) is 0 Å². The summed E-state index contributed by atoms with van der Waals surface area (Å²) in [6.45, 7) is 9.50. The molecular formula is C20H28N2O4. The number of amides is 2. The van der Waals surface area contributed by atoms with E-state index >= 15 is 0 Å². The Balaban J connectivity index is 2.47. The second-order valence-electron chi connectivity index (χ2n) is 6.87. The molecule has 1 aliphatic rings. The first-order valence-electron chi connectivity index (χ1n) is 9.10. The van der Waals surface area contributed by atoms with Crippen LogP contribution in [-0.4, -0.2) is 24.2 Å². The molecule has 0 bridgehead atoms. The third-order valence-corrected chi connectivity index (χ3v) is 3.78. The van der Waals surface area contributed by atoms with Crippen LogP contribution in [0.4, 0.5) is 4.79 Å². The van der Waals surface area contributed by atoms with Gasteiger partial charge in [-0.2, -0.15) is 0 Å². The summed E-state index contributed by atoms with van der Waals surface area (Å²) in [7, 11) is 0. The van der Waals surface area contributed by atoms with Gasteiger partial charge in [0.25, 0.3) is 0 Å². The number of urea groups is 1. The summed E-state index contributed by atoms with van der Waals surface area (Å²) >= 11 is 0. The van der Waals surface area contributed by atoms with Crippen molar-refractivity contribution in [1.29, 1.82) is 0 Å². The molecule has 2 rings (SSSR count). The Kier molecular flexibility index (Phi) is 6.66. The van der Waals surface area contributed by atoms with Crippen LogP contribution in [0.15, 0.2) is 35.5 Å². The van der Waals surface area contributed by atoms with E-state index in [0.29, 0.717) is 23.4 Å². The molecule has 2 N–H and O–H groups in total. The molecule has 0 saturated carbocycles. The molecule has 1 unspecified atom stereocenters. The normalized spacial score (nSPS) is 17.2. The maximum atomic E-state index is 12.7. The second-order valence-corrected chi connectivity index (χ2v) is 6.87. The van der Waals surface area contributed by atoms with E-state index in [1.165, 1.54) is 0 Å². The van der Waals surface area contributed by atoms with Crippen LogP contribution < -0.4 is 15.4 Å². The Labute approximate surface area is 154 Å². The van der Waals surface area contributed by atoms with E-state index in [1.54, 1.807) is 13.8 Å². The summed E-state index contributed by atoms with van der Waals surface area (Å²) in [5, 5.41) is 5.61. The van der Waals surface area contributed by atoms with Gasteiger partial charge in [-0.1, -0.05) is 25.5 Å². The van der Waals surface area contributed by atoms with Gasteiger partial charge in [0, 0.05) is 5.70 Å². The average Bonchev–Trinajstić information content (AvgIpc) is 2.53. The number of hydrogen-bond acceptors (Lipinski definition) is 4. The highest BCUT2D eigenvalue weighted by atomic mass is 16.5. The molecule has 1 heterocycles. The predicted molar refractivity (Wildman–Crippen MR) is 99.8 cm³/mol. The SMILES string of the molecule is CCCC1=C(C(=O)OC(C)C)C(c2cccc(OC(C)C)c2)NC(=O)N1. The van der Waals surface area contributed by atoms with Gasteiger partial charge in [0.05, 0.1) is 23.8 Å². The highest BCUT2D eigenvalue weighted by Gasteiger charge is 2.33. The van der Waals surface area contributed by atoms with Gasteiger partial charge in [-0.05, 0) is 51.8 Å². The minimum Gasteiger partial charge on any atom is -0.491 e. The van der Waals surface area contributed by atoms with Crippen LogP contribution in [0.3, 0.4) is 0 Å². The lowest BCUT2D eigenvalue weighted by Crippen LogP contribution is -2.46. The number of nitrogens with one attached hydrogen (secondary N) is 2. The Morgan fingerprint density at radius 2 is 1.92 bits per heavy atom. The summed E-state index contributed by atoms with van der Waals surface area (Å²) < 4.78 is 11.2. The first kappa shape index (κ1) is 19.8. The lowest BCUT2D eigenvalue weighted by molar-refractivity contribution is -0.143. The third-order valence-electron chi connectivity index (χ3n) is 3.78. The van der Waals surface area contributed by atoms with Gasteiger partial charge < -0.3 is 20.1 Å². The highest BCUT2D eigenvalue weighted by molar-refractivity contribution is 5.95. The monoisotopic (exact) mass is 360 g/mol. The average molecular weight is 360 g/mol. The fraction of sp³-hybridized carbons (Fsp3) is 0.500. The Bertz CT molecular complexity index is 695. The van der Waals surface area contributed by atoms with Crippen molar-refractivity contribution in [2.45, 2.75) is 65.7 Å². The second kappa shape index (κ2) is 8.74. The summed E-state index contributed by atoms with van der Waals surface area (Å²) in [6.07, 6.45) is 1.18. The minimum atomic E-state index is -0.577. The summed E-state index contributed by atoms with van der Waals surface area (Å²) in [6, 6.07) is 6.53. The van der Waals surface area contributed by atoms with Gasteiger partial charge in [-0.25, -0.2) is 9.59 Å². The molecule has 6 heteroatoms. The van der Waals surface area contributed by atoms with Crippen molar-refractivity contribution in [2.75, 3.05) is 0 Å². The number of esters is 1. The van der Waals surface area contributed by atoms with Crippen LogP contribution in [-0.2, 0) is 9.53 Å². The minimum absolute atomic E-state index is 0.0319. The van der Waals surface area contributed by atoms with Crippen LogP contribution in [0.5, 0.6) is 5.75 Å². The van der Waals surface area contributed by atoms with E-state index in [0.717, 1.165) is 12.0 Å². The number of allylic oxidation sites excluding steroid dienone is 1. The molecule has 0 spiro atoms. The lowest BCUT2D eigenvalue weighted by Gasteiger charge is -2.30. The maximum absolute atomic E-state index is 12.7. The maximum Gasteiger partial charge on any atom is 0.338 e. The first-order chi connectivity index (χ1) is 12.3. The van der Waals surface area contributed by atoms with Crippen LogP contribution >= 0.6 is 0 Å². The Morgan fingerprint density at radius 1 is 1.19 bits per heavy atom. The molecule has 1 atom stereocenters. The molecule has 142 valence electrons. The molecule has 0 saturated heterocycles. The van der Waals surface area contributed by atoms with Crippen molar-refractivity contribution in [3.63, 3.8) is 0 Å². The van der Waals surface area contributed by atoms with Gasteiger partial charge in [-0.15, -0.1) is 0 Å². The van der Waals surface area contributed by atoms with E-state index in [1.807, 2.05) is 45.0 Å². The van der Waals surface area contributed by atoms with Crippen molar-refractivity contribution in [2.24, 2.45) is 0 Å². The number of benzene rings is 1. The zero-order valence-electron chi connectivity index (χ0n) is 16.1. The van der Waals surface area contributed by atoms with E-state index in [9.17, 15) is 9.59 Å². The zero-order chi connectivity index (χ0) is 19.3. The van der Waals surface area contributed by atoms with Crippen molar-refractivity contribution < 1.29 is 19.1 Å². The third kappa shape index (κ3) is 5.00. The van der Waals surface area contributed by atoms with Crippen molar-refractivity contribution in [3.8, 4) is 5.75 Å². The number of hydrogen-bond donors (Lipinski definition) is 2. The number of carbonyl (C=O) groups excluding carboxylic acids is 2. The van der Waals surface area contributed by atoms with E-state index in [4.69, 9.17) is 9.47 Å². The van der Waals surface area contributed by atoms with Gasteiger partial charge in [-0.3, -0.25) is 0 Å². The molecule has 0 fully saturated rings. The molecule has 6 nitrogen and oxygen atoms in total. The lowest BCUT2D eigenvalue weighted by atomic mass is 9.93.